The van der Waals surface area contributed by atoms with Gasteiger partial charge in [-0.2, -0.15) is 13.2 Å². The van der Waals surface area contributed by atoms with Crippen molar-refractivity contribution in [2.45, 2.75) is 45.9 Å². The molecule has 0 saturated heterocycles. The third kappa shape index (κ3) is 5.35. The average molecular weight is 477 g/mol. The molecule has 0 aliphatic rings. The van der Waals surface area contributed by atoms with Crippen molar-refractivity contribution in [1.82, 2.24) is 4.98 Å². The smallest absolute Gasteiger partial charge is 0.433 e. The number of rotatable bonds is 9. The van der Waals surface area contributed by atoms with Crippen LogP contribution in [0.2, 0.25) is 0 Å². The first kappa shape index (κ1) is 25.1. The zero-order valence-electron chi connectivity index (χ0n) is 18.6. The molecule has 1 atom stereocenters. The summed E-state index contributed by atoms with van der Waals surface area (Å²) in [6, 6.07) is 9.44. The lowest BCUT2D eigenvalue weighted by Crippen LogP contribution is -2.27. The largest absolute Gasteiger partial charge is 0.487 e. The maximum absolute atomic E-state index is 14.8. The van der Waals surface area contributed by atoms with Gasteiger partial charge in [0.25, 0.3) is 0 Å². The Morgan fingerprint density at radius 2 is 1.76 bits per heavy atom. The van der Waals surface area contributed by atoms with E-state index < -0.39 is 34.9 Å². The summed E-state index contributed by atoms with van der Waals surface area (Å²) in [5.41, 5.74) is -1.89. The van der Waals surface area contributed by atoms with Crippen LogP contribution in [-0.2, 0) is 17.6 Å². The first-order chi connectivity index (χ1) is 16.0. The van der Waals surface area contributed by atoms with E-state index in [1.54, 1.807) is 32.0 Å². The Morgan fingerprint density at radius 3 is 2.32 bits per heavy atom. The Balaban J connectivity index is 1.93. The van der Waals surface area contributed by atoms with Gasteiger partial charge in [-0.05, 0) is 31.9 Å². The predicted molar refractivity (Wildman–Crippen MR) is 117 cm³/mol. The molecule has 0 unspecified atom stereocenters. The molecular formula is C25H23F4NO4. The summed E-state index contributed by atoms with van der Waals surface area (Å²) in [7, 11) is 0. The first-order valence-corrected chi connectivity index (χ1v) is 10.6. The number of aromatic nitrogens is 1. The minimum absolute atomic E-state index is 0.0500. The van der Waals surface area contributed by atoms with E-state index in [1.165, 1.54) is 12.1 Å². The van der Waals surface area contributed by atoms with Crippen LogP contribution in [-0.4, -0.2) is 21.8 Å². The lowest BCUT2D eigenvalue weighted by molar-refractivity contribution is -0.148. The number of carbonyl (C=O) groups is 2. The van der Waals surface area contributed by atoms with Crippen molar-refractivity contribution in [2.75, 3.05) is 0 Å². The molecule has 0 amide bonds. The fourth-order valence-corrected chi connectivity index (χ4v) is 3.46. The number of pyridine rings is 1. The summed E-state index contributed by atoms with van der Waals surface area (Å²) < 4.78 is 58.8. The molecule has 3 rings (SSSR count). The van der Waals surface area contributed by atoms with Crippen molar-refractivity contribution in [1.29, 1.82) is 0 Å². The van der Waals surface area contributed by atoms with E-state index >= 15 is 0 Å². The van der Waals surface area contributed by atoms with Gasteiger partial charge in [-0.25, -0.2) is 4.39 Å². The molecule has 0 saturated carbocycles. The van der Waals surface area contributed by atoms with Gasteiger partial charge in [-0.15, -0.1) is 0 Å². The van der Waals surface area contributed by atoms with Gasteiger partial charge in [0.1, 0.15) is 23.9 Å². The van der Waals surface area contributed by atoms with E-state index in [0.29, 0.717) is 17.4 Å². The SMILES string of the molecule is CC[C@](C)(CCC(=O)c1cc(F)c2ccccc2c1OCc1ccc(C(F)(F)F)nc1)C(=O)O. The average Bonchev–Trinajstić information content (AvgIpc) is 2.81. The monoisotopic (exact) mass is 477 g/mol. The number of carbonyl (C=O) groups excluding carboxylic acids is 1. The molecule has 9 heteroatoms. The fourth-order valence-electron chi connectivity index (χ4n) is 3.46. The highest BCUT2D eigenvalue weighted by molar-refractivity contribution is 6.05. The predicted octanol–water partition coefficient (Wildman–Crippen LogP) is 6.44. The minimum Gasteiger partial charge on any atom is -0.487 e. The fraction of sp³-hybridized carbons (Fsp3) is 0.320. The van der Waals surface area contributed by atoms with Gasteiger partial charge >= 0.3 is 12.1 Å². The molecule has 0 aliphatic heterocycles. The summed E-state index contributed by atoms with van der Waals surface area (Å²) >= 11 is 0. The summed E-state index contributed by atoms with van der Waals surface area (Å²) in [6.07, 6.45) is -3.34. The minimum atomic E-state index is -4.57. The number of hydrogen-bond acceptors (Lipinski definition) is 4. The van der Waals surface area contributed by atoms with Crippen molar-refractivity contribution in [2.24, 2.45) is 5.41 Å². The number of fused-ring (bicyclic) bond motifs is 1. The highest BCUT2D eigenvalue weighted by atomic mass is 19.4. The van der Waals surface area contributed by atoms with Gasteiger partial charge in [0.15, 0.2) is 5.78 Å². The van der Waals surface area contributed by atoms with Crippen LogP contribution in [0.5, 0.6) is 5.75 Å². The molecule has 2 aromatic carbocycles. The molecule has 0 fully saturated rings. The number of hydrogen-bond donors (Lipinski definition) is 1. The topological polar surface area (TPSA) is 76.5 Å². The van der Waals surface area contributed by atoms with Crippen molar-refractivity contribution >= 4 is 22.5 Å². The molecule has 1 heterocycles. The molecule has 3 aromatic rings. The van der Waals surface area contributed by atoms with E-state index in [4.69, 9.17) is 4.74 Å². The van der Waals surface area contributed by atoms with E-state index in [2.05, 4.69) is 4.98 Å². The first-order valence-electron chi connectivity index (χ1n) is 10.6. The zero-order chi connectivity index (χ0) is 25.1. The summed E-state index contributed by atoms with van der Waals surface area (Å²) in [5, 5.41) is 10.00. The lowest BCUT2D eigenvalue weighted by atomic mass is 9.81. The maximum Gasteiger partial charge on any atom is 0.433 e. The van der Waals surface area contributed by atoms with Crippen LogP contribution in [0, 0.1) is 11.2 Å². The Hall–Kier alpha value is -3.49. The van der Waals surface area contributed by atoms with Crippen LogP contribution in [0.4, 0.5) is 17.6 Å². The van der Waals surface area contributed by atoms with Crippen LogP contribution >= 0.6 is 0 Å². The third-order valence-corrected chi connectivity index (χ3v) is 5.94. The van der Waals surface area contributed by atoms with Crippen LogP contribution in [0.25, 0.3) is 10.8 Å². The van der Waals surface area contributed by atoms with Crippen LogP contribution in [0.1, 0.15) is 54.7 Å². The Morgan fingerprint density at radius 1 is 1.09 bits per heavy atom. The van der Waals surface area contributed by atoms with E-state index in [0.717, 1.165) is 18.3 Å². The van der Waals surface area contributed by atoms with E-state index in [1.807, 2.05) is 0 Å². The number of alkyl halides is 3. The van der Waals surface area contributed by atoms with Crippen LogP contribution in [0.3, 0.4) is 0 Å². The molecule has 0 spiro atoms. The Labute approximate surface area is 193 Å². The summed E-state index contributed by atoms with van der Waals surface area (Å²) in [5.74, 6) is -2.08. The number of ketones is 1. The number of aliphatic carboxylic acids is 1. The number of halogens is 4. The van der Waals surface area contributed by atoms with Crippen molar-refractivity contribution < 1.29 is 37.0 Å². The number of benzene rings is 2. The number of nitrogens with zero attached hydrogens (tertiary/aromatic N) is 1. The van der Waals surface area contributed by atoms with Gasteiger partial charge < -0.3 is 9.84 Å². The van der Waals surface area contributed by atoms with E-state index in [-0.39, 0.29) is 36.1 Å². The number of ether oxygens (including phenoxy) is 1. The second-order valence-corrected chi connectivity index (χ2v) is 8.26. The zero-order valence-corrected chi connectivity index (χ0v) is 18.6. The molecule has 1 N–H and O–H groups in total. The second kappa shape index (κ2) is 9.79. The second-order valence-electron chi connectivity index (χ2n) is 8.26. The Kier molecular flexibility index (Phi) is 7.24. The molecule has 34 heavy (non-hydrogen) atoms. The van der Waals surface area contributed by atoms with Gasteiger partial charge in [0, 0.05) is 29.0 Å². The molecule has 0 bridgehead atoms. The van der Waals surface area contributed by atoms with Crippen LogP contribution in [0.15, 0.2) is 48.7 Å². The van der Waals surface area contributed by atoms with Gasteiger partial charge in [0.05, 0.1) is 11.0 Å². The summed E-state index contributed by atoms with van der Waals surface area (Å²) in [4.78, 5) is 28.0. The van der Waals surface area contributed by atoms with Crippen molar-refractivity contribution in [3.05, 3.63) is 71.3 Å². The number of Topliss-reactive ketones (excluding diaryl/α,β-unsaturated/α-hetero) is 1. The van der Waals surface area contributed by atoms with Crippen LogP contribution < -0.4 is 4.74 Å². The van der Waals surface area contributed by atoms with Crippen molar-refractivity contribution in [3.63, 3.8) is 0 Å². The molecule has 0 radical (unpaired) electrons. The van der Waals surface area contributed by atoms with Gasteiger partial charge in [-0.1, -0.05) is 37.3 Å². The number of carboxylic acid groups (broad SMARTS) is 1. The summed E-state index contributed by atoms with van der Waals surface area (Å²) in [6.45, 7) is 3.04. The van der Waals surface area contributed by atoms with Gasteiger partial charge in [0.2, 0.25) is 0 Å². The van der Waals surface area contributed by atoms with E-state index in [9.17, 15) is 32.3 Å². The van der Waals surface area contributed by atoms with Gasteiger partial charge in [-0.3, -0.25) is 14.6 Å². The Bertz CT molecular complexity index is 1210. The molecule has 180 valence electrons. The standard InChI is InChI=1S/C25H23F4NO4/c1-3-24(2,23(32)33)11-10-20(31)18-12-19(26)16-6-4-5-7-17(16)22(18)34-14-15-8-9-21(30-13-15)25(27,28)29/h4-9,12-13H,3,10-11,14H2,1-2H3,(H,32,33)/t24-/m1/s1. The molecule has 1 aromatic heterocycles. The molecule has 0 aliphatic carbocycles. The highest BCUT2D eigenvalue weighted by Gasteiger charge is 2.33. The molecular weight excluding hydrogens is 454 g/mol. The van der Waals surface area contributed by atoms with Crippen molar-refractivity contribution in [3.8, 4) is 5.75 Å². The maximum atomic E-state index is 14.8. The highest BCUT2D eigenvalue weighted by Crippen LogP contribution is 2.35. The lowest BCUT2D eigenvalue weighted by Gasteiger charge is -2.22. The quantitative estimate of drug-likeness (QED) is 0.284. The number of carboxylic acids is 1. The molecule has 5 nitrogen and oxygen atoms in total. The third-order valence-electron chi connectivity index (χ3n) is 5.94. The normalized spacial score (nSPS) is 13.5.